The van der Waals surface area contributed by atoms with Crippen molar-refractivity contribution in [3.05, 3.63) is 35.4 Å². The van der Waals surface area contributed by atoms with Crippen LogP contribution in [0.2, 0.25) is 0 Å². The molecule has 0 aromatic heterocycles. The summed E-state index contributed by atoms with van der Waals surface area (Å²) >= 11 is 0. The summed E-state index contributed by atoms with van der Waals surface area (Å²) in [7, 11) is 0. The maximum absolute atomic E-state index is 2.27. The van der Waals surface area contributed by atoms with Gasteiger partial charge in [0.05, 0.1) is 0 Å². The van der Waals surface area contributed by atoms with E-state index in [1.165, 1.54) is 17.5 Å². The van der Waals surface area contributed by atoms with E-state index >= 15 is 0 Å². The largest absolute Gasteiger partial charge is 0.0625 e. The molecule has 0 aliphatic carbocycles. The highest BCUT2D eigenvalue weighted by atomic mass is 14.1. The lowest BCUT2D eigenvalue weighted by Crippen LogP contribution is -2.00. The van der Waals surface area contributed by atoms with E-state index < -0.39 is 0 Å². The first-order chi connectivity index (χ1) is 6.11. The molecule has 0 aliphatic heterocycles. The van der Waals surface area contributed by atoms with Gasteiger partial charge in [-0.3, -0.25) is 0 Å². The molecule has 0 aliphatic rings. The molecule has 0 amide bonds. The van der Waals surface area contributed by atoms with Crippen molar-refractivity contribution in [2.24, 2.45) is 5.92 Å². The summed E-state index contributed by atoms with van der Waals surface area (Å²) in [6.07, 6.45) is 1.20. The summed E-state index contributed by atoms with van der Waals surface area (Å²) in [5.74, 6) is 1.40. The predicted molar refractivity (Wildman–Crippen MR) is 59.1 cm³/mol. The molecule has 0 atom stereocenters. The minimum absolute atomic E-state index is 0.648. The Bertz CT molecular complexity index is 258. The molecule has 0 saturated heterocycles. The molecule has 0 heteroatoms. The Morgan fingerprint density at radius 3 is 2.15 bits per heavy atom. The van der Waals surface area contributed by atoms with Gasteiger partial charge in [0.1, 0.15) is 0 Å². The minimum Gasteiger partial charge on any atom is -0.0625 e. The average Bonchev–Trinajstić information content (AvgIpc) is 2.03. The van der Waals surface area contributed by atoms with Gasteiger partial charge in [0.15, 0.2) is 0 Å². The number of rotatable bonds is 3. The van der Waals surface area contributed by atoms with Crippen LogP contribution in [0.3, 0.4) is 0 Å². The first kappa shape index (κ1) is 10.3. The van der Waals surface area contributed by atoms with Gasteiger partial charge >= 0.3 is 0 Å². The van der Waals surface area contributed by atoms with Gasteiger partial charge in [0.25, 0.3) is 0 Å². The molecular weight excluding hydrogens is 156 g/mol. The topological polar surface area (TPSA) is 0 Å². The molecular formula is C13H20. The Kier molecular flexibility index (Phi) is 3.53. The molecule has 0 nitrogen and oxygen atoms in total. The molecule has 1 aromatic rings. The molecule has 1 rings (SSSR count). The summed E-state index contributed by atoms with van der Waals surface area (Å²) in [5, 5.41) is 0. The lowest BCUT2D eigenvalue weighted by atomic mass is 9.92. The Morgan fingerprint density at radius 1 is 1.00 bits per heavy atom. The third-order valence-electron chi connectivity index (χ3n) is 2.31. The van der Waals surface area contributed by atoms with E-state index in [4.69, 9.17) is 0 Å². The van der Waals surface area contributed by atoms with Crippen LogP contribution >= 0.6 is 0 Å². The van der Waals surface area contributed by atoms with Crippen molar-refractivity contribution in [3.8, 4) is 0 Å². The minimum atomic E-state index is 0.648. The number of benzene rings is 1. The summed E-state index contributed by atoms with van der Waals surface area (Å²) in [5.41, 5.74) is 3.03. The van der Waals surface area contributed by atoms with Gasteiger partial charge in [0.2, 0.25) is 0 Å². The highest BCUT2D eigenvalue weighted by Gasteiger charge is 2.06. The predicted octanol–water partition coefficient (Wildman–Crippen LogP) is 4.01. The summed E-state index contributed by atoms with van der Waals surface area (Å²) in [6, 6.07) is 8.79. The second-order valence-corrected chi connectivity index (χ2v) is 4.45. The highest BCUT2D eigenvalue weighted by Crippen LogP contribution is 2.21. The second kappa shape index (κ2) is 4.45. The van der Waals surface area contributed by atoms with E-state index in [9.17, 15) is 0 Å². The molecule has 0 bridgehead atoms. The van der Waals surface area contributed by atoms with Crippen molar-refractivity contribution >= 4 is 0 Å². The van der Waals surface area contributed by atoms with Crippen LogP contribution in [0.15, 0.2) is 24.3 Å². The standard InChI is InChI=1S/C13H20/c1-10(2)9-12-7-5-6-8-13(12)11(3)4/h5-8,10-11H,9H2,1-4H3. The highest BCUT2D eigenvalue weighted by molar-refractivity contribution is 5.29. The molecule has 1 aromatic carbocycles. The molecule has 0 unspecified atom stereocenters. The zero-order chi connectivity index (χ0) is 9.84. The smallest absolute Gasteiger partial charge is 0.0216 e. The molecule has 0 radical (unpaired) electrons. The molecule has 0 fully saturated rings. The Balaban J connectivity index is 2.91. The van der Waals surface area contributed by atoms with Crippen molar-refractivity contribution in [2.75, 3.05) is 0 Å². The SMILES string of the molecule is CC(C)Cc1ccccc1C(C)C. The van der Waals surface area contributed by atoms with Crippen LogP contribution in [0.25, 0.3) is 0 Å². The zero-order valence-electron chi connectivity index (χ0n) is 9.17. The van der Waals surface area contributed by atoms with Gasteiger partial charge in [-0.2, -0.15) is 0 Å². The number of hydrogen-bond acceptors (Lipinski definition) is 0. The molecule has 13 heavy (non-hydrogen) atoms. The van der Waals surface area contributed by atoms with E-state index in [0.29, 0.717) is 5.92 Å². The van der Waals surface area contributed by atoms with E-state index in [0.717, 1.165) is 5.92 Å². The second-order valence-electron chi connectivity index (χ2n) is 4.45. The van der Waals surface area contributed by atoms with E-state index in [1.54, 1.807) is 0 Å². The lowest BCUT2D eigenvalue weighted by molar-refractivity contribution is 0.638. The molecule has 0 spiro atoms. The van der Waals surface area contributed by atoms with Gasteiger partial charge in [-0.05, 0) is 29.4 Å². The molecule has 72 valence electrons. The van der Waals surface area contributed by atoms with Crippen molar-refractivity contribution in [1.29, 1.82) is 0 Å². The van der Waals surface area contributed by atoms with Gasteiger partial charge < -0.3 is 0 Å². The summed E-state index contributed by atoms with van der Waals surface area (Å²) in [4.78, 5) is 0. The van der Waals surface area contributed by atoms with Crippen molar-refractivity contribution in [2.45, 2.75) is 40.0 Å². The normalized spacial score (nSPS) is 11.2. The maximum Gasteiger partial charge on any atom is -0.0216 e. The van der Waals surface area contributed by atoms with Crippen LogP contribution in [0, 0.1) is 5.92 Å². The number of hydrogen-bond donors (Lipinski definition) is 0. The summed E-state index contributed by atoms with van der Waals surface area (Å²) in [6.45, 7) is 9.08. The Labute approximate surface area is 82.0 Å². The van der Waals surface area contributed by atoms with Crippen LogP contribution < -0.4 is 0 Å². The van der Waals surface area contributed by atoms with Gasteiger partial charge in [-0.1, -0.05) is 52.0 Å². The summed E-state index contributed by atoms with van der Waals surface area (Å²) < 4.78 is 0. The monoisotopic (exact) mass is 176 g/mol. The first-order valence-corrected chi connectivity index (χ1v) is 5.19. The van der Waals surface area contributed by atoms with E-state index in [2.05, 4.69) is 52.0 Å². The van der Waals surface area contributed by atoms with E-state index in [1.807, 2.05) is 0 Å². The molecule has 0 heterocycles. The Morgan fingerprint density at radius 2 is 1.62 bits per heavy atom. The van der Waals surface area contributed by atoms with Crippen molar-refractivity contribution < 1.29 is 0 Å². The maximum atomic E-state index is 2.27. The molecule has 0 saturated carbocycles. The van der Waals surface area contributed by atoms with Gasteiger partial charge in [-0.25, -0.2) is 0 Å². The average molecular weight is 176 g/mol. The van der Waals surface area contributed by atoms with E-state index in [-0.39, 0.29) is 0 Å². The molecule has 0 N–H and O–H groups in total. The van der Waals surface area contributed by atoms with Crippen molar-refractivity contribution in [1.82, 2.24) is 0 Å². The third kappa shape index (κ3) is 2.87. The zero-order valence-corrected chi connectivity index (χ0v) is 9.17. The third-order valence-corrected chi connectivity index (χ3v) is 2.31. The van der Waals surface area contributed by atoms with Crippen LogP contribution in [0.5, 0.6) is 0 Å². The quantitative estimate of drug-likeness (QED) is 0.652. The lowest BCUT2D eigenvalue weighted by Gasteiger charge is -2.13. The Hall–Kier alpha value is -0.780. The van der Waals surface area contributed by atoms with Gasteiger partial charge in [-0.15, -0.1) is 0 Å². The van der Waals surface area contributed by atoms with Crippen LogP contribution in [0.4, 0.5) is 0 Å². The van der Waals surface area contributed by atoms with Gasteiger partial charge in [0, 0.05) is 0 Å². The van der Waals surface area contributed by atoms with Crippen molar-refractivity contribution in [3.63, 3.8) is 0 Å². The van der Waals surface area contributed by atoms with Crippen LogP contribution in [0.1, 0.15) is 44.7 Å². The fourth-order valence-corrected chi connectivity index (χ4v) is 1.72. The van der Waals surface area contributed by atoms with Crippen LogP contribution in [-0.2, 0) is 6.42 Å². The fraction of sp³-hybridized carbons (Fsp3) is 0.538. The first-order valence-electron chi connectivity index (χ1n) is 5.19. The fourth-order valence-electron chi connectivity index (χ4n) is 1.72. The van der Waals surface area contributed by atoms with Crippen LogP contribution in [-0.4, -0.2) is 0 Å².